The van der Waals surface area contributed by atoms with Gasteiger partial charge in [0.2, 0.25) is 5.91 Å². The van der Waals surface area contributed by atoms with Gasteiger partial charge in [0.05, 0.1) is 49.1 Å². The summed E-state index contributed by atoms with van der Waals surface area (Å²) in [6.45, 7) is 1.98. The predicted molar refractivity (Wildman–Crippen MR) is 164 cm³/mol. The van der Waals surface area contributed by atoms with Crippen LogP contribution in [0.4, 0.5) is 10.7 Å². The van der Waals surface area contributed by atoms with Crippen LogP contribution in [-0.4, -0.2) is 41.2 Å². The molecule has 1 aliphatic rings. The third-order valence-corrected chi connectivity index (χ3v) is 10.1. The first-order valence-corrected chi connectivity index (χ1v) is 15.6. The third kappa shape index (κ3) is 6.96. The van der Waals surface area contributed by atoms with Crippen molar-refractivity contribution in [3.63, 3.8) is 0 Å². The van der Waals surface area contributed by atoms with E-state index in [4.69, 9.17) is 51.1 Å². The first-order chi connectivity index (χ1) is 19.5. The van der Waals surface area contributed by atoms with Gasteiger partial charge in [0.15, 0.2) is 0 Å². The Balaban J connectivity index is 1.47. The lowest BCUT2D eigenvalue weighted by molar-refractivity contribution is -0.113. The molecule has 0 aliphatic heterocycles. The molecule has 8 nitrogen and oxygen atoms in total. The highest BCUT2D eigenvalue weighted by atomic mass is 35.5. The molecule has 3 N–H and O–H groups in total. The van der Waals surface area contributed by atoms with Crippen molar-refractivity contribution in [1.82, 2.24) is 0 Å². The number of rotatable bonds is 9. The molecule has 1 heterocycles. The molecule has 1 aromatic heterocycles. The predicted octanol–water partition coefficient (Wildman–Crippen LogP) is 8.10. The number of esters is 1. The van der Waals surface area contributed by atoms with E-state index in [0.717, 1.165) is 36.1 Å². The number of nitrogens with one attached hydrogen (secondary N) is 2. The summed E-state index contributed by atoms with van der Waals surface area (Å²) in [6.07, 6.45) is 3.65. The zero-order valence-corrected chi connectivity index (χ0v) is 26.0. The Morgan fingerprint density at radius 2 is 1.63 bits per heavy atom. The first kappa shape index (κ1) is 31.5. The molecular formula is C27H22Cl4N2O6S2. The highest BCUT2D eigenvalue weighted by molar-refractivity contribution is 8.00. The minimum atomic E-state index is -1.51. The SMILES string of the molecule is CCOC(=O)c1c(NC(=O)CSc2cccc(NC(=O)c3c(Cl)c(Cl)c(Cl)c(Cl)c3C(=O)O)c2)sc2c1CCCC2. The molecule has 3 aromatic rings. The molecule has 0 bridgehead atoms. The Morgan fingerprint density at radius 3 is 2.32 bits per heavy atom. The van der Waals surface area contributed by atoms with Gasteiger partial charge < -0.3 is 20.5 Å². The number of aromatic carboxylic acids is 1. The maximum atomic E-state index is 13.0. The molecule has 4 rings (SSSR count). The van der Waals surface area contributed by atoms with E-state index < -0.39 is 34.0 Å². The minimum Gasteiger partial charge on any atom is -0.478 e. The average Bonchev–Trinajstić information content (AvgIpc) is 3.30. The molecule has 2 aromatic carbocycles. The lowest BCUT2D eigenvalue weighted by Gasteiger charge is -2.14. The summed E-state index contributed by atoms with van der Waals surface area (Å²) in [4.78, 5) is 52.1. The number of carboxylic acid groups (broad SMARTS) is 1. The topological polar surface area (TPSA) is 122 Å². The van der Waals surface area contributed by atoms with Gasteiger partial charge in [0.1, 0.15) is 5.00 Å². The van der Waals surface area contributed by atoms with Crippen molar-refractivity contribution in [1.29, 1.82) is 0 Å². The van der Waals surface area contributed by atoms with E-state index >= 15 is 0 Å². The lowest BCUT2D eigenvalue weighted by Crippen LogP contribution is -2.18. The van der Waals surface area contributed by atoms with Gasteiger partial charge in [-0.2, -0.15) is 0 Å². The van der Waals surface area contributed by atoms with Gasteiger partial charge in [0.25, 0.3) is 5.91 Å². The number of carbonyl (C=O) groups is 4. The summed E-state index contributed by atoms with van der Waals surface area (Å²) in [5, 5.41) is 14.3. The summed E-state index contributed by atoms with van der Waals surface area (Å²) in [5.41, 5.74) is 0.692. The van der Waals surface area contributed by atoms with E-state index in [0.29, 0.717) is 21.1 Å². The van der Waals surface area contributed by atoms with Crippen LogP contribution in [0.3, 0.4) is 0 Å². The Kier molecular flexibility index (Phi) is 10.5. The second-order valence-corrected chi connectivity index (χ2v) is 12.4. The quantitative estimate of drug-likeness (QED) is 0.0907. The van der Waals surface area contributed by atoms with Gasteiger partial charge >= 0.3 is 11.9 Å². The van der Waals surface area contributed by atoms with E-state index in [1.54, 1.807) is 31.2 Å². The largest absolute Gasteiger partial charge is 0.478 e. The highest BCUT2D eigenvalue weighted by Crippen LogP contribution is 2.42. The van der Waals surface area contributed by atoms with Crippen molar-refractivity contribution in [3.8, 4) is 0 Å². The summed E-state index contributed by atoms with van der Waals surface area (Å²) in [7, 11) is 0. The standard InChI is InChI=1S/C27H22Cl4N2O6S2/c1-2-39-27(38)17-14-8-3-4-9-15(14)41-25(17)33-16(34)11-40-13-7-5-6-12(10-13)32-24(35)18-19(26(36)37)21(29)23(31)22(30)20(18)28/h5-7,10H,2-4,8-9,11H2,1H3,(H,32,35)(H,33,34)(H,36,37). The number of thiophene rings is 1. The van der Waals surface area contributed by atoms with Gasteiger partial charge in [-0.25, -0.2) is 9.59 Å². The monoisotopic (exact) mass is 674 g/mol. The molecule has 0 saturated carbocycles. The molecule has 0 spiro atoms. The van der Waals surface area contributed by atoms with Crippen molar-refractivity contribution in [2.24, 2.45) is 0 Å². The van der Waals surface area contributed by atoms with Gasteiger partial charge in [-0.3, -0.25) is 9.59 Å². The Morgan fingerprint density at radius 1 is 0.951 bits per heavy atom. The van der Waals surface area contributed by atoms with E-state index in [1.165, 1.54) is 23.1 Å². The van der Waals surface area contributed by atoms with Crippen LogP contribution in [0.25, 0.3) is 0 Å². The van der Waals surface area contributed by atoms with Crippen LogP contribution < -0.4 is 10.6 Å². The molecule has 2 amide bonds. The van der Waals surface area contributed by atoms with Crippen molar-refractivity contribution in [2.45, 2.75) is 37.5 Å². The summed E-state index contributed by atoms with van der Waals surface area (Å²) < 4.78 is 5.24. The Labute approximate surface area is 263 Å². The van der Waals surface area contributed by atoms with Crippen LogP contribution in [0.15, 0.2) is 29.2 Å². The fraction of sp³-hybridized carbons (Fsp3) is 0.259. The zero-order valence-electron chi connectivity index (χ0n) is 21.4. The molecule has 41 heavy (non-hydrogen) atoms. The summed E-state index contributed by atoms with van der Waals surface area (Å²) >= 11 is 26.8. The van der Waals surface area contributed by atoms with Crippen LogP contribution >= 0.6 is 69.5 Å². The second-order valence-electron chi connectivity index (χ2n) is 8.77. The molecule has 0 fully saturated rings. The van der Waals surface area contributed by atoms with Crippen LogP contribution in [0.5, 0.6) is 0 Å². The van der Waals surface area contributed by atoms with Crippen LogP contribution in [0, 0.1) is 0 Å². The lowest BCUT2D eigenvalue weighted by atomic mass is 9.95. The van der Waals surface area contributed by atoms with Crippen molar-refractivity contribution >= 4 is 104 Å². The fourth-order valence-corrected chi connectivity index (χ4v) is 7.36. The molecule has 0 radical (unpaired) electrons. The third-order valence-electron chi connectivity index (χ3n) is 6.07. The number of thioether (sulfide) groups is 1. The molecule has 0 saturated heterocycles. The summed E-state index contributed by atoms with van der Waals surface area (Å²) in [5.74, 6) is -3.08. The number of halogens is 4. The molecule has 14 heteroatoms. The number of ether oxygens (including phenoxy) is 1. The number of anilines is 2. The van der Waals surface area contributed by atoms with Crippen molar-refractivity contribution in [3.05, 3.63) is 71.5 Å². The van der Waals surface area contributed by atoms with E-state index in [9.17, 15) is 24.3 Å². The minimum absolute atomic E-state index is 0.0274. The maximum Gasteiger partial charge on any atom is 0.341 e. The van der Waals surface area contributed by atoms with E-state index in [1.807, 2.05) is 0 Å². The smallest absolute Gasteiger partial charge is 0.341 e. The normalized spacial score (nSPS) is 12.4. The number of carboxylic acids is 1. The number of carbonyl (C=O) groups excluding carboxylic acids is 3. The molecular weight excluding hydrogens is 654 g/mol. The number of amides is 2. The number of hydrogen-bond donors (Lipinski definition) is 3. The fourth-order valence-electron chi connectivity index (χ4n) is 4.29. The number of fused-ring (bicyclic) bond motifs is 1. The molecule has 0 atom stereocenters. The Bertz CT molecular complexity index is 1560. The average molecular weight is 676 g/mol. The van der Waals surface area contributed by atoms with E-state index in [-0.39, 0.29) is 33.3 Å². The molecule has 0 unspecified atom stereocenters. The number of benzene rings is 2. The van der Waals surface area contributed by atoms with Gasteiger partial charge in [0, 0.05) is 15.5 Å². The van der Waals surface area contributed by atoms with Crippen molar-refractivity contribution < 1.29 is 29.0 Å². The highest BCUT2D eigenvalue weighted by Gasteiger charge is 2.29. The number of aryl methyl sites for hydroxylation is 1. The van der Waals surface area contributed by atoms with Crippen LogP contribution in [-0.2, 0) is 22.4 Å². The molecule has 216 valence electrons. The van der Waals surface area contributed by atoms with Crippen LogP contribution in [0.2, 0.25) is 20.1 Å². The van der Waals surface area contributed by atoms with Gasteiger partial charge in [-0.05, 0) is 56.4 Å². The van der Waals surface area contributed by atoms with Crippen molar-refractivity contribution in [2.75, 3.05) is 23.0 Å². The summed E-state index contributed by atoms with van der Waals surface area (Å²) in [6, 6.07) is 6.59. The van der Waals surface area contributed by atoms with Gasteiger partial charge in [-0.15, -0.1) is 23.1 Å². The molecule has 1 aliphatic carbocycles. The number of hydrogen-bond acceptors (Lipinski definition) is 7. The zero-order chi connectivity index (χ0) is 29.8. The van der Waals surface area contributed by atoms with Gasteiger partial charge in [-0.1, -0.05) is 52.5 Å². The van der Waals surface area contributed by atoms with E-state index in [2.05, 4.69) is 10.6 Å². The first-order valence-electron chi connectivity index (χ1n) is 12.3. The Hall–Kier alpha value is -2.47. The maximum absolute atomic E-state index is 13.0. The van der Waals surface area contributed by atoms with Crippen LogP contribution in [0.1, 0.15) is 61.3 Å². The second kappa shape index (κ2) is 13.7.